The highest BCUT2D eigenvalue weighted by Gasteiger charge is 2.24. The van der Waals surface area contributed by atoms with Crippen molar-refractivity contribution in [1.29, 1.82) is 0 Å². The van der Waals surface area contributed by atoms with E-state index in [4.69, 9.17) is 10.5 Å². The second kappa shape index (κ2) is 6.28. The number of carbonyl (C=O) groups is 1. The van der Waals surface area contributed by atoms with Crippen LogP contribution in [0.4, 0.5) is 5.69 Å². The van der Waals surface area contributed by atoms with Gasteiger partial charge in [0.05, 0.1) is 12.2 Å². The minimum Gasteiger partial charge on any atom is -0.490 e. The van der Waals surface area contributed by atoms with Gasteiger partial charge in [-0.15, -0.1) is 0 Å². The lowest BCUT2D eigenvalue weighted by molar-refractivity contribution is -0.129. The Kier molecular flexibility index (Phi) is 5.01. The number of carbonyl (C=O) groups excluding carboxylic acids is 1. The summed E-state index contributed by atoms with van der Waals surface area (Å²) in [5.41, 5.74) is 6.02. The Labute approximate surface area is 109 Å². The molecule has 4 nitrogen and oxygen atoms in total. The quantitative estimate of drug-likeness (QED) is 0.601. The highest BCUT2D eigenvalue weighted by atomic mass is 16.5. The molecule has 1 amide bonds. The van der Waals surface area contributed by atoms with E-state index in [1.807, 2.05) is 39.0 Å². The number of ether oxygens (including phenoxy) is 1. The van der Waals surface area contributed by atoms with E-state index < -0.39 is 0 Å². The molecule has 18 heavy (non-hydrogen) atoms. The maximum atomic E-state index is 11.8. The van der Waals surface area contributed by atoms with Gasteiger partial charge in [0, 0.05) is 5.41 Å². The van der Waals surface area contributed by atoms with Gasteiger partial charge in [0.2, 0.25) is 5.91 Å². The molecule has 0 bridgehead atoms. The summed E-state index contributed by atoms with van der Waals surface area (Å²) in [6.45, 7) is 6.76. The highest BCUT2D eigenvalue weighted by molar-refractivity contribution is 5.81. The molecule has 0 aliphatic heterocycles. The van der Waals surface area contributed by atoms with E-state index in [1.165, 1.54) is 0 Å². The Morgan fingerprint density at radius 1 is 1.39 bits per heavy atom. The minimum atomic E-state index is -0.328. The van der Waals surface area contributed by atoms with Crippen molar-refractivity contribution in [3.8, 4) is 5.75 Å². The monoisotopic (exact) mass is 250 g/mol. The van der Waals surface area contributed by atoms with Gasteiger partial charge in [0.25, 0.3) is 0 Å². The number of amides is 1. The molecule has 100 valence electrons. The predicted octanol–water partition coefficient (Wildman–Crippen LogP) is 2.20. The number of hydrogen-bond acceptors (Lipinski definition) is 3. The second-order valence-electron chi connectivity index (χ2n) is 4.88. The molecule has 0 aliphatic rings. The number of para-hydroxylation sites is 2. The Morgan fingerprint density at radius 3 is 2.67 bits per heavy atom. The number of nitrogens with two attached hydrogens (primary N) is 1. The Hall–Kier alpha value is -1.71. The van der Waals surface area contributed by atoms with Gasteiger partial charge in [0.1, 0.15) is 12.4 Å². The fourth-order valence-corrected chi connectivity index (χ4v) is 1.34. The van der Waals surface area contributed by atoms with Gasteiger partial charge in [-0.2, -0.15) is 0 Å². The average Bonchev–Trinajstić information content (AvgIpc) is 2.36. The van der Waals surface area contributed by atoms with Gasteiger partial charge in [-0.25, -0.2) is 0 Å². The molecule has 1 rings (SSSR count). The van der Waals surface area contributed by atoms with Crippen LogP contribution in [0.2, 0.25) is 0 Å². The second-order valence-corrected chi connectivity index (χ2v) is 4.88. The van der Waals surface area contributed by atoms with Crippen molar-refractivity contribution in [3.05, 3.63) is 24.3 Å². The van der Waals surface area contributed by atoms with E-state index in [-0.39, 0.29) is 11.3 Å². The average molecular weight is 250 g/mol. The van der Waals surface area contributed by atoms with Crippen LogP contribution in [0.1, 0.15) is 27.2 Å². The third-order valence-electron chi connectivity index (χ3n) is 3.06. The van der Waals surface area contributed by atoms with E-state index >= 15 is 0 Å². The first-order chi connectivity index (χ1) is 8.47. The normalized spacial score (nSPS) is 11.1. The molecule has 0 spiro atoms. The first kappa shape index (κ1) is 14.4. The third-order valence-corrected chi connectivity index (χ3v) is 3.06. The molecular formula is C14H22N2O2. The van der Waals surface area contributed by atoms with Crippen molar-refractivity contribution in [3.63, 3.8) is 0 Å². The summed E-state index contributed by atoms with van der Waals surface area (Å²) in [6.07, 6.45) is 0.811. The highest BCUT2D eigenvalue weighted by Crippen LogP contribution is 2.20. The first-order valence-electron chi connectivity index (χ1n) is 6.23. The minimum absolute atomic E-state index is 0.0506. The van der Waals surface area contributed by atoms with Gasteiger partial charge in [-0.3, -0.25) is 4.79 Å². The van der Waals surface area contributed by atoms with Crippen molar-refractivity contribution in [1.82, 2.24) is 5.32 Å². The van der Waals surface area contributed by atoms with Crippen molar-refractivity contribution in [2.75, 3.05) is 18.9 Å². The summed E-state index contributed by atoms with van der Waals surface area (Å²) in [5, 5.41) is 2.86. The number of nitrogens with one attached hydrogen (secondary N) is 1. The zero-order valence-electron chi connectivity index (χ0n) is 11.3. The van der Waals surface area contributed by atoms with Crippen molar-refractivity contribution < 1.29 is 9.53 Å². The molecule has 0 saturated heterocycles. The standard InChI is InChI=1S/C14H22N2O2/c1-4-14(2,3)13(17)16-9-10-18-12-8-6-5-7-11(12)15/h5-8H,4,9-10,15H2,1-3H3,(H,16,17). The lowest BCUT2D eigenvalue weighted by atomic mass is 9.89. The zero-order valence-corrected chi connectivity index (χ0v) is 11.3. The van der Waals surface area contributed by atoms with Crippen LogP contribution in [0.15, 0.2) is 24.3 Å². The first-order valence-corrected chi connectivity index (χ1v) is 6.23. The number of nitrogen functional groups attached to an aromatic ring is 1. The summed E-state index contributed by atoms with van der Waals surface area (Å²) in [6, 6.07) is 7.32. The topological polar surface area (TPSA) is 64.3 Å². The number of benzene rings is 1. The fraction of sp³-hybridized carbons (Fsp3) is 0.500. The summed E-state index contributed by atoms with van der Waals surface area (Å²) in [5.74, 6) is 0.705. The molecule has 0 unspecified atom stereocenters. The van der Waals surface area contributed by atoms with Gasteiger partial charge in [-0.05, 0) is 18.6 Å². The summed E-state index contributed by atoms with van der Waals surface area (Å²) >= 11 is 0. The largest absolute Gasteiger partial charge is 0.490 e. The SMILES string of the molecule is CCC(C)(C)C(=O)NCCOc1ccccc1N. The molecular weight excluding hydrogens is 228 g/mol. The van der Waals surface area contributed by atoms with E-state index in [0.29, 0.717) is 24.6 Å². The van der Waals surface area contributed by atoms with Crippen LogP contribution in [-0.2, 0) is 4.79 Å². The van der Waals surface area contributed by atoms with Crippen LogP contribution < -0.4 is 15.8 Å². The van der Waals surface area contributed by atoms with Gasteiger partial charge < -0.3 is 15.8 Å². The van der Waals surface area contributed by atoms with Crippen LogP contribution in [0.3, 0.4) is 0 Å². The molecule has 0 fully saturated rings. The smallest absolute Gasteiger partial charge is 0.225 e. The van der Waals surface area contributed by atoms with E-state index in [1.54, 1.807) is 6.07 Å². The lowest BCUT2D eigenvalue weighted by Crippen LogP contribution is -2.38. The maximum Gasteiger partial charge on any atom is 0.225 e. The molecule has 0 radical (unpaired) electrons. The number of rotatable bonds is 6. The lowest BCUT2D eigenvalue weighted by Gasteiger charge is -2.21. The van der Waals surface area contributed by atoms with Gasteiger partial charge >= 0.3 is 0 Å². The molecule has 4 heteroatoms. The molecule has 0 aromatic heterocycles. The van der Waals surface area contributed by atoms with Crippen molar-refractivity contribution in [2.24, 2.45) is 5.41 Å². The Bertz CT molecular complexity index is 403. The molecule has 0 saturated carbocycles. The van der Waals surface area contributed by atoms with Gasteiger partial charge in [-0.1, -0.05) is 32.9 Å². The maximum absolute atomic E-state index is 11.8. The van der Waals surface area contributed by atoms with Crippen LogP contribution in [0.5, 0.6) is 5.75 Å². The number of hydrogen-bond donors (Lipinski definition) is 2. The molecule has 1 aromatic rings. The molecule has 0 aliphatic carbocycles. The van der Waals surface area contributed by atoms with Gasteiger partial charge in [0.15, 0.2) is 0 Å². The number of anilines is 1. The predicted molar refractivity (Wildman–Crippen MR) is 73.4 cm³/mol. The van der Waals surface area contributed by atoms with Crippen molar-refractivity contribution in [2.45, 2.75) is 27.2 Å². The molecule has 0 heterocycles. The summed E-state index contributed by atoms with van der Waals surface area (Å²) in [7, 11) is 0. The third kappa shape index (κ3) is 3.95. The fourth-order valence-electron chi connectivity index (χ4n) is 1.34. The molecule has 1 aromatic carbocycles. The Morgan fingerprint density at radius 2 is 2.06 bits per heavy atom. The van der Waals surface area contributed by atoms with Crippen molar-refractivity contribution >= 4 is 11.6 Å². The van der Waals surface area contributed by atoms with E-state index in [2.05, 4.69) is 5.32 Å². The van der Waals surface area contributed by atoms with Crippen LogP contribution in [0, 0.1) is 5.41 Å². The van der Waals surface area contributed by atoms with E-state index in [9.17, 15) is 4.79 Å². The summed E-state index contributed by atoms with van der Waals surface area (Å²) < 4.78 is 5.49. The van der Waals surface area contributed by atoms with Crippen LogP contribution in [-0.4, -0.2) is 19.1 Å². The molecule has 3 N–H and O–H groups in total. The van der Waals surface area contributed by atoms with E-state index in [0.717, 1.165) is 6.42 Å². The van der Waals surface area contributed by atoms with Crippen LogP contribution >= 0.6 is 0 Å². The van der Waals surface area contributed by atoms with Crippen LogP contribution in [0.25, 0.3) is 0 Å². The molecule has 0 atom stereocenters. The Balaban J connectivity index is 2.32. The summed E-state index contributed by atoms with van der Waals surface area (Å²) in [4.78, 5) is 11.8. The zero-order chi connectivity index (χ0) is 13.6.